The van der Waals surface area contributed by atoms with Crippen LogP contribution in [0.15, 0.2) is 85.6 Å². The Balaban J connectivity index is 1.35. The van der Waals surface area contributed by atoms with Gasteiger partial charge in [0.25, 0.3) is 5.91 Å². The molecule has 0 bridgehead atoms. The van der Waals surface area contributed by atoms with E-state index in [0.717, 1.165) is 28.0 Å². The highest BCUT2D eigenvalue weighted by Gasteiger charge is 2.16. The van der Waals surface area contributed by atoms with Crippen molar-refractivity contribution in [1.82, 2.24) is 25.0 Å². The van der Waals surface area contributed by atoms with Gasteiger partial charge in [-0.05, 0) is 61.5 Å². The van der Waals surface area contributed by atoms with E-state index in [2.05, 4.69) is 32.2 Å². The molecule has 0 radical (unpaired) electrons. The summed E-state index contributed by atoms with van der Waals surface area (Å²) >= 11 is 0. The Hall–Kier alpha value is -5.11. The van der Waals surface area contributed by atoms with Crippen LogP contribution in [0.1, 0.15) is 43.5 Å². The van der Waals surface area contributed by atoms with Crippen LogP contribution in [0.3, 0.4) is 0 Å². The zero-order valence-corrected chi connectivity index (χ0v) is 20.2. The number of allylic oxidation sites excluding steroid dienone is 1. The van der Waals surface area contributed by atoms with Crippen molar-refractivity contribution in [3.05, 3.63) is 119 Å². The minimum atomic E-state index is -0.308. The normalized spacial score (nSPS) is 11.2. The predicted molar refractivity (Wildman–Crippen MR) is 144 cm³/mol. The number of aryl methyl sites for hydroxylation is 1. The summed E-state index contributed by atoms with van der Waals surface area (Å²) in [7, 11) is 0. The van der Waals surface area contributed by atoms with Gasteiger partial charge in [-0.1, -0.05) is 30.3 Å². The molecular weight excluding hydrogens is 464 g/mol. The van der Waals surface area contributed by atoms with Gasteiger partial charge >= 0.3 is 0 Å². The number of aromatic amines is 1. The molecule has 0 spiro atoms. The lowest BCUT2D eigenvalue weighted by atomic mass is 10.0. The number of nitrogens with zero attached hydrogens (tertiary/aromatic N) is 4. The Bertz CT molecular complexity index is 1650. The molecule has 3 heterocycles. The van der Waals surface area contributed by atoms with E-state index in [9.17, 15) is 9.59 Å². The van der Waals surface area contributed by atoms with Gasteiger partial charge in [-0.15, -0.1) is 6.58 Å². The van der Waals surface area contributed by atoms with Crippen molar-refractivity contribution in [3.63, 3.8) is 0 Å². The first-order valence-electron chi connectivity index (χ1n) is 11.7. The first-order chi connectivity index (χ1) is 18.0. The highest BCUT2D eigenvalue weighted by Crippen LogP contribution is 2.22. The molecule has 1 amide bonds. The van der Waals surface area contributed by atoms with E-state index in [1.807, 2.05) is 43.3 Å². The van der Waals surface area contributed by atoms with Crippen LogP contribution in [0.25, 0.3) is 23.1 Å². The Morgan fingerprint density at radius 2 is 1.89 bits per heavy atom. The number of nitrogens with one attached hydrogen (secondary N) is 2. The average molecular weight is 489 g/mol. The quantitative estimate of drug-likeness (QED) is 0.228. The summed E-state index contributed by atoms with van der Waals surface area (Å²) in [6, 6.07) is 19.7. The summed E-state index contributed by atoms with van der Waals surface area (Å²) in [6.45, 7) is 5.96. The highest BCUT2D eigenvalue weighted by molar-refractivity contribution is 6.12. The third-order valence-electron chi connectivity index (χ3n) is 5.77. The maximum atomic E-state index is 13.3. The number of benzene rings is 2. The number of anilines is 1. The molecule has 8 nitrogen and oxygen atoms in total. The minimum absolute atomic E-state index is 0.161. The van der Waals surface area contributed by atoms with Crippen LogP contribution >= 0.6 is 0 Å². The number of rotatable bonds is 8. The van der Waals surface area contributed by atoms with E-state index in [0.29, 0.717) is 29.1 Å². The van der Waals surface area contributed by atoms with Gasteiger partial charge in [0.2, 0.25) is 0 Å². The Morgan fingerprint density at radius 1 is 1.03 bits per heavy atom. The number of carbonyl (C=O) groups is 2. The zero-order valence-electron chi connectivity index (χ0n) is 20.2. The van der Waals surface area contributed by atoms with Gasteiger partial charge in [0.1, 0.15) is 5.69 Å². The fourth-order valence-electron chi connectivity index (χ4n) is 4.04. The minimum Gasteiger partial charge on any atom is -0.321 e. The fraction of sp³-hybridized carbons (Fsp3) is 0.0690. The molecule has 8 heteroatoms. The number of carbonyl (C=O) groups excluding carboxylic acids is 2. The summed E-state index contributed by atoms with van der Waals surface area (Å²) in [5, 5.41) is 15.4. The molecule has 2 N–H and O–H groups in total. The number of aromatic nitrogens is 5. The van der Waals surface area contributed by atoms with Crippen molar-refractivity contribution in [2.75, 3.05) is 5.32 Å². The number of amides is 1. The largest absolute Gasteiger partial charge is 0.321 e. The second kappa shape index (κ2) is 10.2. The van der Waals surface area contributed by atoms with Gasteiger partial charge in [-0.3, -0.25) is 24.4 Å². The van der Waals surface area contributed by atoms with Crippen molar-refractivity contribution < 1.29 is 9.59 Å². The Kier molecular flexibility index (Phi) is 6.54. The lowest BCUT2D eigenvalue weighted by molar-refractivity contribution is 0.101. The summed E-state index contributed by atoms with van der Waals surface area (Å²) in [4.78, 5) is 30.4. The zero-order chi connectivity index (χ0) is 25.8. The number of pyridine rings is 1. The molecule has 0 saturated heterocycles. The van der Waals surface area contributed by atoms with Gasteiger partial charge in [0.05, 0.1) is 29.1 Å². The van der Waals surface area contributed by atoms with Crippen LogP contribution in [-0.4, -0.2) is 36.7 Å². The summed E-state index contributed by atoms with van der Waals surface area (Å²) in [5.74, 6) is -0.470. The number of hydrogen-bond acceptors (Lipinski definition) is 5. The van der Waals surface area contributed by atoms with Crippen molar-refractivity contribution >= 4 is 40.4 Å². The number of hydrogen-bond donors (Lipinski definition) is 2. The first-order valence-corrected chi connectivity index (χ1v) is 11.7. The Morgan fingerprint density at radius 3 is 2.70 bits per heavy atom. The lowest BCUT2D eigenvalue weighted by Crippen LogP contribution is -2.17. The molecule has 0 saturated carbocycles. The standard InChI is InChI=1S/C29H24N6O2/c1-3-15-35-27(16-19(2)34-35)29(37)31-23-9-6-7-20(17-23)28(36)21-10-12-24-25(32-33-26(24)18-21)13-11-22-8-4-5-14-30-22/h3-14,16-18H,1,15H2,2H3,(H,31,37)(H,32,33)/b13-11+. The van der Waals surface area contributed by atoms with Crippen LogP contribution in [0.5, 0.6) is 0 Å². The third kappa shape index (κ3) is 5.13. The summed E-state index contributed by atoms with van der Waals surface area (Å²) in [6.07, 6.45) is 7.19. The van der Waals surface area contributed by atoms with E-state index in [1.165, 1.54) is 0 Å². The van der Waals surface area contributed by atoms with Gasteiger partial charge in [-0.2, -0.15) is 10.2 Å². The van der Waals surface area contributed by atoms with E-state index in [-0.39, 0.29) is 11.7 Å². The summed E-state index contributed by atoms with van der Waals surface area (Å²) < 4.78 is 1.59. The molecule has 5 aromatic rings. The fourth-order valence-corrected chi connectivity index (χ4v) is 4.04. The lowest BCUT2D eigenvalue weighted by Gasteiger charge is -2.08. The monoisotopic (exact) mass is 488 g/mol. The molecule has 0 unspecified atom stereocenters. The number of H-pyrrole nitrogens is 1. The maximum absolute atomic E-state index is 13.3. The van der Waals surface area contributed by atoms with Crippen LogP contribution < -0.4 is 5.32 Å². The van der Waals surface area contributed by atoms with E-state index in [1.54, 1.807) is 59.4 Å². The topological polar surface area (TPSA) is 106 Å². The van der Waals surface area contributed by atoms with Crippen LogP contribution in [-0.2, 0) is 6.54 Å². The molecule has 182 valence electrons. The van der Waals surface area contributed by atoms with Crippen LogP contribution in [0.2, 0.25) is 0 Å². The van der Waals surface area contributed by atoms with E-state index >= 15 is 0 Å². The molecule has 0 aliphatic heterocycles. The SMILES string of the molecule is C=CCn1nc(C)cc1C(=O)Nc1cccc(C(=O)c2ccc3c(/C=C/c4ccccn4)n[nH]c3c2)c1. The van der Waals surface area contributed by atoms with Crippen molar-refractivity contribution in [3.8, 4) is 0 Å². The van der Waals surface area contributed by atoms with Crippen molar-refractivity contribution in [1.29, 1.82) is 0 Å². The molecule has 5 rings (SSSR count). The van der Waals surface area contributed by atoms with Gasteiger partial charge in [0, 0.05) is 28.4 Å². The Labute approximate surface area is 213 Å². The molecular formula is C29H24N6O2. The second-order valence-electron chi connectivity index (χ2n) is 8.46. The predicted octanol–water partition coefficient (Wildman–Crippen LogP) is 5.30. The molecule has 0 aliphatic rings. The molecule has 0 aliphatic carbocycles. The molecule has 37 heavy (non-hydrogen) atoms. The van der Waals surface area contributed by atoms with Crippen molar-refractivity contribution in [2.24, 2.45) is 0 Å². The van der Waals surface area contributed by atoms with Gasteiger partial charge in [0.15, 0.2) is 5.78 Å². The smallest absolute Gasteiger partial charge is 0.273 e. The average Bonchev–Trinajstić information content (AvgIpc) is 3.50. The molecule has 0 fully saturated rings. The second-order valence-corrected chi connectivity index (χ2v) is 8.46. The van der Waals surface area contributed by atoms with Gasteiger partial charge < -0.3 is 5.32 Å². The van der Waals surface area contributed by atoms with E-state index < -0.39 is 0 Å². The third-order valence-corrected chi connectivity index (χ3v) is 5.77. The highest BCUT2D eigenvalue weighted by atomic mass is 16.2. The molecule has 2 aromatic carbocycles. The van der Waals surface area contributed by atoms with E-state index in [4.69, 9.17) is 0 Å². The number of ketones is 1. The number of fused-ring (bicyclic) bond motifs is 1. The summed E-state index contributed by atoms with van der Waals surface area (Å²) in [5.41, 5.74) is 4.99. The van der Waals surface area contributed by atoms with Crippen LogP contribution in [0, 0.1) is 6.92 Å². The van der Waals surface area contributed by atoms with Crippen molar-refractivity contribution in [2.45, 2.75) is 13.5 Å². The first kappa shape index (κ1) is 23.6. The molecule has 0 atom stereocenters. The maximum Gasteiger partial charge on any atom is 0.273 e. The van der Waals surface area contributed by atoms with Crippen LogP contribution in [0.4, 0.5) is 5.69 Å². The molecule has 3 aromatic heterocycles. The van der Waals surface area contributed by atoms with Gasteiger partial charge in [-0.25, -0.2) is 0 Å².